The molecule has 4 fully saturated rings. The molecule has 6 nitrogen and oxygen atoms in total. The van der Waals surface area contributed by atoms with Crippen molar-refractivity contribution < 1.29 is 32.9 Å². The van der Waals surface area contributed by atoms with Crippen LogP contribution in [0.3, 0.4) is 0 Å². The summed E-state index contributed by atoms with van der Waals surface area (Å²) in [6.07, 6.45) is 10.9. The van der Waals surface area contributed by atoms with Gasteiger partial charge < -0.3 is 23.7 Å². The first-order valence-corrected chi connectivity index (χ1v) is 13.5. The molecule has 34 heavy (non-hydrogen) atoms. The summed E-state index contributed by atoms with van der Waals surface area (Å²) in [7, 11) is 0. The number of fused-ring (bicyclic) bond motifs is 1. The highest BCUT2D eigenvalue weighted by molar-refractivity contribution is 5.77. The monoisotopic (exact) mass is 482 g/mol. The van der Waals surface area contributed by atoms with Crippen molar-refractivity contribution in [2.45, 2.75) is 122 Å². The van der Waals surface area contributed by atoms with Crippen LogP contribution in [0.1, 0.15) is 85.0 Å². The van der Waals surface area contributed by atoms with Crippen LogP contribution in [0.5, 0.6) is 0 Å². The number of carbonyl (C=O) groups is 1. The SMILES string of the molecule is CCCCC(C)(C)C(C=C[C@@H]1[C@@H]2[C@H](C[C@H]1OC1CCCCO1)OC(=O)[C@H]2F)OC1CCCCO1. The molecule has 0 aromatic carbocycles. The second kappa shape index (κ2) is 11.8. The molecule has 194 valence electrons. The molecule has 7 heteroatoms. The van der Waals surface area contributed by atoms with Crippen molar-refractivity contribution in [1.82, 2.24) is 0 Å². The molecule has 1 saturated carbocycles. The van der Waals surface area contributed by atoms with Crippen LogP contribution in [-0.4, -0.2) is 56.2 Å². The van der Waals surface area contributed by atoms with Crippen LogP contribution in [0.15, 0.2) is 12.2 Å². The normalized spacial score (nSPS) is 37.6. The molecular weight excluding hydrogens is 439 g/mol. The van der Waals surface area contributed by atoms with Gasteiger partial charge in [-0.1, -0.05) is 45.8 Å². The van der Waals surface area contributed by atoms with E-state index >= 15 is 0 Å². The van der Waals surface area contributed by atoms with Gasteiger partial charge in [-0.2, -0.15) is 0 Å². The third kappa shape index (κ3) is 6.21. The number of unbranched alkanes of at least 4 members (excludes halogenated alkanes) is 1. The Bertz CT molecular complexity index is 685. The van der Waals surface area contributed by atoms with E-state index in [1.165, 1.54) is 0 Å². The first-order chi connectivity index (χ1) is 16.4. The Labute approximate surface area is 203 Å². The third-order valence-electron chi connectivity index (χ3n) is 7.95. The van der Waals surface area contributed by atoms with Gasteiger partial charge in [-0.05, 0) is 50.4 Å². The minimum absolute atomic E-state index is 0.106. The molecule has 1 aliphatic carbocycles. The standard InChI is InChI=1S/C27H43FO6/c1-4-5-14-27(2,3)21(34-23-11-7-9-16-31-23)13-12-18-19(32-22-10-6-8-15-30-22)17-20-24(18)25(28)26(29)33-20/h12-13,18-25H,4-11,14-17H2,1-3H3/t18-,19+,20-,21?,22?,23?,24+,25-/m0/s1. The molecule has 8 atom stereocenters. The number of hydrogen-bond acceptors (Lipinski definition) is 6. The zero-order valence-corrected chi connectivity index (χ0v) is 21.1. The van der Waals surface area contributed by atoms with Gasteiger partial charge in [0.25, 0.3) is 0 Å². The molecule has 0 bridgehead atoms. The summed E-state index contributed by atoms with van der Waals surface area (Å²) in [4.78, 5) is 12.0. The molecule has 0 radical (unpaired) electrons. The number of alkyl halides is 1. The fourth-order valence-electron chi connectivity index (χ4n) is 5.81. The van der Waals surface area contributed by atoms with Crippen molar-refractivity contribution in [1.29, 1.82) is 0 Å². The lowest BCUT2D eigenvalue weighted by molar-refractivity contribution is -0.198. The Hall–Kier alpha value is -1.02. The fraction of sp³-hybridized carbons (Fsp3) is 0.889. The van der Waals surface area contributed by atoms with Crippen LogP contribution in [0.2, 0.25) is 0 Å². The number of rotatable bonds is 10. The highest BCUT2D eigenvalue weighted by atomic mass is 19.1. The van der Waals surface area contributed by atoms with E-state index in [0.717, 1.165) is 64.4 Å². The van der Waals surface area contributed by atoms with E-state index < -0.39 is 24.2 Å². The molecule has 3 unspecified atom stereocenters. The maximum atomic E-state index is 14.9. The summed E-state index contributed by atoms with van der Waals surface area (Å²) in [5.41, 5.74) is -0.106. The maximum Gasteiger partial charge on any atom is 0.341 e. The molecule has 0 spiro atoms. The van der Waals surface area contributed by atoms with Gasteiger partial charge in [-0.15, -0.1) is 0 Å². The first-order valence-electron chi connectivity index (χ1n) is 13.5. The van der Waals surface area contributed by atoms with E-state index in [0.29, 0.717) is 13.0 Å². The Kier molecular flexibility index (Phi) is 9.05. The van der Waals surface area contributed by atoms with Crippen molar-refractivity contribution >= 4 is 5.97 Å². The topological polar surface area (TPSA) is 63.2 Å². The lowest BCUT2D eigenvalue weighted by Crippen LogP contribution is -2.37. The van der Waals surface area contributed by atoms with Crippen LogP contribution < -0.4 is 0 Å². The van der Waals surface area contributed by atoms with Gasteiger partial charge in [0.05, 0.1) is 12.2 Å². The average Bonchev–Trinajstić information content (AvgIpc) is 3.30. The third-order valence-corrected chi connectivity index (χ3v) is 7.95. The molecule has 4 aliphatic rings. The van der Waals surface area contributed by atoms with Gasteiger partial charge in [0.2, 0.25) is 6.17 Å². The Morgan fingerprint density at radius 3 is 2.47 bits per heavy atom. The lowest BCUT2D eigenvalue weighted by atomic mass is 9.80. The fourth-order valence-corrected chi connectivity index (χ4v) is 5.81. The summed E-state index contributed by atoms with van der Waals surface area (Å²) in [5.74, 6) is -1.53. The maximum absolute atomic E-state index is 14.9. The molecule has 4 rings (SSSR count). The van der Waals surface area contributed by atoms with Gasteiger partial charge in [0.1, 0.15) is 6.10 Å². The molecule has 0 aromatic rings. The minimum atomic E-state index is -1.62. The van der Waals surface area contributed by atoms with Crippen molar-refractivity contribution in [3.05, 3.63) is 12.2 Å². The summed E-state index contributed by atoms with van der Waals surface area (Å²) in [6, 6.07) is 0. The molecule has 3 aliphatic heterocycles. The molecular formula is C27H43FO6. The lowest BCUT2D eigenvalue weighted by Gasteiger charge is -2.36. The van der Waals surface area contributed by atoms with E-state index in [1.807, 2.05) is 6.08 Å². The summed E-state index contributed by atoms with van der Waals surface area (Å²) in [5, 5.41) is 0. The van der Waals surface area contributed by atoms with Crippen LogP contribution in [0, 0.1) is 17.3 Å². The van der Waals surface area contributed by atoms with Crippen molar-refractivity contribution in [2.75, 3.05) is 13.2 Å². The van der Waals surface area contributed by atoms with Crippen LogP contribution in [-0.2, 0) is 28.5 Å². The number of hydrogen-bond donors (Lipinski definition) is 0. The number of halogens is 1. The van der Waals surface area contributed by atoms with E-state index in [9.17, 15) is 9.18 Å². The van der Waals surface area contributed by atoms with Gasteiger partial charge in [-0.3, -0.25) is 0 Å². The van der Waals surface area contributed by atoms with E-state index in [-0.39, 0.29) is 36.1 Å². The smallest absolute Gasteiger partial charge is 0.341 e. The number of ether oxygens (including phenoxy) is 5. The van der Waals surface area contributed by atoms with Crippen molar-refractivity contribution in [3.8, 4) is 0 Å². The zero-order chi connectivity index (χ0) is 24.1. The predicted octanol–water partition coefficient (Wildman–Crippen LogP) is 5.48. The highest BCUT2D eigenvalue weighted by Crippen LogP contribution is 2.46. The van der Waals surface area contributed by atoms with Gasteiger partial charge in [0, 0.05) is 31.5 Å². The Morgan fingerprint density at radius 1 is 1.12 bits per heavy atom. The second-order valence-electron chi connectivity index (χ2n) is 11.1. The summed E-state index contributed by atoms with van der Waals surface area (Å²) < 4.78 is 44.8. The van der Waals surface area contributed by atoms with Gasteiger partial charge in [-0.25, -0.2) is 9.18 Å². The first kappa shape index (κ1) is 26.1. The van der Waals surface area contributed by atoms with Crippen LogP contribution >= 0.6 is 0 Å². The second-order valence-corrected chi connectivity index (χ2v) is 11.1. The quantitative estimate of drug-likeness (QED) is 0.303. The van der Waals surface area contributed by atoms with Crippen molar-refractivity contribution in [3.63, 3.8) is 0 Å². The summed E-state index contributed by atoms with van der Waals surface area (Å²) in [6.45, 7) is 8.06. The van der Waals surface area contributed by atoms with Gasteiger partial charge in [0.15, 0.2) is 12.6 Å². The highest BCUT2D eigenvalue weighted by Gasteiger charge is 2.56. The number of carbonyl (C=O) groups excluding carboxylic acids is 1. The van der Waals surface area contributed by atoms with E-state index in [1.54, 1.807) is 0 Å². The minimum Gasteiger partial charge on any atom is -0.460 e. The van der Waals surface area contributed by atoms with Crippen LogP contribution in [0.25, 0.3) is 0 Å². The average molecular weight is 483 g/mol. The summed E-state index contributed by atoms with van der Waals surface area (Å²) >= 11 is 0. The Balaban J connectivity index is 1.52. The molecule has 0 amide bonds. The van der Waals surface area contributed by atoms with E-state index in [2.05, 4.69) is 26.8 Å². The van der Waals surface area contributed by atoms with Crippen molar-refractivity contribution in [2.24, 2.45) is 17.3 Å². The number of esters is 1. The molecule has 0 aromatic heterocycles. The van der Waals surface area contributed by atoms with Crippen LogP contribution in [0.4, 0.5) is 4.39 Å². The van der Waals surface area contributed by atoms with E-state index in [4.69, 9.17) is 23.7 Å². The zero-order valence-electron chi connectivity index (χ0n) is 21.1. The molecule has 0 N–H and O–H groups in total. The largest absolute Gasteiger partial charge is 0.460 e. The van der Waals surface area contributed by atoms with Gasteiger partial charge >= 0.3 is 5.97 Å². The molecule has 3 heterocycles. The Morgan fingerprint density at radius 2 is 1.82 bits per heavy atom. The predicted molar refractivity (Wildman–Crippen MR) is 126 cm³/mol. The molecule has 3 saturated heterocycles.